The average Bonchev–Trinajstić information content (AvgIpc) is 2.85. The summed E-state index contributed by atoms with van der Waals surface area (Å²) in [6, 6.07) is 4.86. The minimum atomic E-state index is -0.464. The first kappa shape index (κ1) is 15.4. The summed E-state index contributed by atoms with van der Waals surface area (Å²) in [5.74, 6) is -0.693. The molecule has 0 saturated heterocycles. The van der Waals surface area contributed by atoms with E-state index < -0.39 is 5.82 Å². The van der Waals surface area contributed by atoms with E-state index in [1.165, 1.54) is 6.07 Å². The Bertz CT molecular complexity index is 656. The first-order valence-corrected chi connectivity index (χ1v) is 7.24. The van der Waals surface area contributed by atoms with Crippen molar-refractivity contribution in [1.29, 1.82) is 0 Å². The lowest BCUT2D eigenvalue weighted by Crippen LogP contribution is -2.20. The van der Waals surface area contributed by atoms with Gasteiger partial charge in [-0.15, -0.1) is 11.3 Å². The topological polar surface area (TPSA) is 74.7 Å². The number of aryl methyl sites for hydroxylation is 1. The van der Waals surface area contributed by atoms with Crippen LogP contribution in [0.3, 0.4) is 0 Å². The van der Waals surface area contributed by atoms with E-state index in [4.69, 9.17) is 10.9 Å². The lowest BCUT2D eigenvalue weighted by Gasteiger charge is -2.16. The molecule has 0 radical (unpaired) electrons. The van der Waals surface area contributed by atoms with E-state index in [1.54, 1.807) is 23.5 Å². The number of nitrogens with two attached hydrogens (primary N) is 1. The van der Waals surface area contributed by atoms with Gasteiger partial charge in [-0.3, -0.25) is 4.90 Å². The van der Waals surface area contributed by atoms with Crippen molar-refractivity contribution in [3.8, 4) is 0 Å². The number of amidine groups is 1. The van der Waals surface area contributed by atoms with Gasteiger partial charge in [0.1, 0.15) is 5.82 Å². The van der Waals surface area contributed by atoms with Crippen molar-refractivity contribution in [1.82, 2.24) is 9.88 Å². The van der Waals surface area contributed by atoms with Gasteiger partial charge in [-0.1, -0.05) is 17.3 Å². The van der Waals surface area contributed by atoms with Crippen LogP contribution in [-0.4, -0.2) is 28.0 Å². The van der Waals surface area contributed by atoms with Crippen molar-refractivity contribution in [2.24, 2.45) is 10.9 Å². The van der Waals surface area contributed by atoms with Crippen molar-refractivity contribution in [2.75, 3.05) is 7.05 Å². The summed E-state index contributed by atoms with van der Waals surface area (Å²) >= 11 is 1.59. The molecule has 1 aromatic carbocycles. The first-order valence-electron chi connectivity index (χ1n) is 6.36. The summed E-state index contributed by atoms with van der Waals surface area (Å²) in [5, 5.41) is 14.5. The molecular formula is C14H17FN4OS. The molecule has 0 bridgehead atoms. The Balaban J connectivity index is 2.12. The number of hydrogen-bond donors (Lipinski definition) is 2. The van der Waals surface area contributed by atoms with Gasteiger partial charge in [0.15, 0.2) is 5.84 Å². The molecule has 1 heterocycles. The molecular weight excluding hydrogens is 291 g/mol. The second kappa shape index (κ2) is 6.64. The number of oxime groups is 1. The minimum Gasteiger partial charge on any atom is -0.409 e. The molecule has 0 atom stereocenters. The maximum Gasteiger partial charge on any atom is 0.173 e. The molecule has 1 aromatic heterocycles. The van der Waals surface area contributed by atoms with Crippen molar-refractivity contribution in [3.05, 3.63) is 51.2 Å². The highest BCUT2D eigenvalue weighted by atomic mass is 32.1. The largest absolute Gasteiger partial charge is 0.409 e. The summed E-state index contributed by atoms with van der Waals surface area (Å²) in [6.45, 7) is 3.00. The Hall–Kier alpha value is -1.99. The molecule has 0 spiro atoms. The van der Waals surface area contributed by atoms with Gasteiger partial charge in [-0.25, -0.2) is 9.37 Å². The van der Waals surface area contributed by atoms with Gasteiger partial charge in [0.05, 0.1) is 16.3 Å². The number of nitrogens with zero attached hydrogens (tertiary/aromatic N) is 3. The monoisotopic (exact) mass is 308 g/mol. The van der Waals surface area contributed by atoms with Crippen LogP contribution >= 0.6 is 11.3 Å². The highest BCUT2D eigenvalue weighted by molar-refractivity contribution is 7.09. The van der Waals surface area contributed by atoms with Crippen molar-refractivity contribution in [3.63, 3.8) is 0 Å². The molecule has 0 saturated carbocycles. The quantitative estimate of drug-likeness (QED) is 0.385. The lowest BCUT2D eigenvalue weighted by atomic mass is 10.1. The highest BCUT2D eigenvalue weighted by Crippen LogP contribution is 2.16. The number of rotatable bonds is 5. The fourth-order valence-electron chi connectivity index (χ4n) is 2.06. The number of benzene rings is 1. The fourth-order valence-corrected chi connectivity index (χ4v) is 2.66. The van der Waals surface area contributed by atoms with Crippen LogP contribution in [-0.2, 0) is 13.1 Å². The molecule has 5 nitrogen and oxygen atoms in total. The normalized spacial score (nSPS) is 12.1. The van der Waals surface area contributed by atoms with Gasteiger partial charge in [-0.05, 0) is 20.0 Å². The molecule has 0 unspecified atom stereocenters. The summed E-state index contributed by atoms with van der Waals surface area (Å²) in [6.07, 6.45) is 0. The van der Waals surface area contributed by atoms with Gasteiger partial charge in [0.2, 0.25) is 0 Å². The van der Waals surface area contributed by atoms with Crippen LogP contribution in [0.2, 0.25) is 0 Å². The number of aromatic nitrogens is 1. The van der Waals surface area contributed by atoms with Crippen molar-refractivity contribution >= 4 is 17.2 Å². The Kier molecular flexibility index (Phi) is 4.87. The zero-order valence-corrected chi connectivity index (χ0v) is 12.7. The smallest absolute Gasteiger partial charge is 0.173 e. The SMILES string of the molecule is Cc1nc(CN(C)Cc2cccc(/C(N)=N/O)c2F)cs1. The predicted octanol–water partition coefficient (Wildman–Crippen LogP) is 2.32. The van der Waals surface area contributed by atoms with Crippen molar-refractivity contribution in [2.45, 2.75) is 20.0 Å². The second-order valence-electron chi connectivity index (χ2n) is 4.79. The lowest BCUT2D eigenvalue weighted by molar-refractivity contribution is 0.310. The minimum absolute atomic E-state index is 0.105. The summed E-state index contributed by atoms with van der Waals surface area (Å²) < 4.78 is 14.3. The molecule has 0 aliphatic heterocycles. The molecule has 7 heteroatoms. The third-order valence-electron chi connectivity index (χ3n) is 3.00. The fraction of sp³-hybridized carbons (Fsp3) is 0.286. The summed E-state index contributed by atoms with van der Waals surface area (Å²) in [4.78, 5) is 6.35. The molecule has 0 aliphatic rings. The molecule has 0 amide bonds. The van der Waals surface area contributed by atoms with Crippen LogP contribution in [0.5, 0.6) is 0 Å². The number of hydrogen-bond acceptors (Lipinski definition) is 5. The van der Waals surface area contributed by atoms with Crippen LogP contribution in [0.15, 0.2) is 28.7 Å². The van der Waals surface area contributed by atoms with Gasteiger partial charge >= 0.3 is 0 Å². The molecule has 112 valence electrons. The molecule has 0 fully saturated rings. The summed E-state index contributed by atoms with van der Waals surface area (Å²) in [5.41, 5.74) is 7.02. The standard InChI is InChI=1S/C14H17FN4OS/c1-9-17-11(8-21-9)7-19(2)6-10-4-3-5-12(13(10)15)14(16)18-20/h3-5,8,20H,6-7H2,1-2H3,(H2,16,18). The van der Waals surface area contributed by atoms with Gasteiger partial charge in [0.25, 0.3) is 0 Å². The van der Waals surface area contributed by atoms with E-state index in [1.807, 2.05) is 24.3 Å². The van der Waals surface area contributed by atoms with Crippen LogP contribution in [0.4, 0.5) is 4.39 Å². The molecule has 2 aromatic rings. The molecule has 0 aliphatic carbocycles. The molecule has 21 heavy (non-hydrogen) atoms. The van der Waals surface area contributed by atoms with E-state index in [2.05, 4.69) is 10.1 Å². The molecule has 2 rings (SSSR count). The van der Waals surface area contributed by atoms with E-state index in [9.17, 15) is 4.39 Å². The van der Waals surface area contributed by atoms with E-state index >= 15 is 0 Å². The number of halogens is 1. The Labute approximate surface area is 126 Å². The van der Waals surface area contributed by atoms with Gasteiger partial charge in [-0.2, -0.15) is 0 Å². The average molecular weight is 308 g/mol. The number of thiazole rings is 1. The first-order chi connectivity index (χ1) is 10.0. The zero-order valence-electron chi connectivity index (χ0n) is 11.9. The third kappa shape index (κ3) is 3.77. The van der Waals surface area contributed by atoms with Crippen LogP contribution < -0.4 is 5.73 Å². The molecule has 3 N–H and O–H groups in total. The Morgan fingerprint density at radius 3 is 2.86 bits per heavy atom. The maximum absolute atomic E-state index is 14.3. The van der Waals surface area contributed by atoms with Gasteiger partial charge in [0, 0.05) is 24.0 Å². The predicted molar refractivity (Wildman–Crippen MR) is 80.9 cm³/mol. The van der Waals surface area contributed by atoms with E-state index in [0.29, 0.717) is 18.7 Å². The van der Waals surface area contributed by atoms with E-state index in [-0.39, 0.29) is 11.4 Å². The van der Waals surface area contributed by atoms with Crippen LogP contribution in [0.1, 0.15) is 21.8 Å². The summed E-state index contributed by atoms with van der Waals surface area (Å²) in [7, 11) is 1.89. The zero-order chi connectivity index (χ0) is 15.4. The van der Waals surface area contributed by atoms with Crippen molar-refractivity contribution < 1.29 is 9.60 Å². The van der Waals surface area contributed by atoms with Gasteiger partial charge < -0.3 is 10.9 Å². The Morgan fingerprint density at radius 1 is 1.48 bits per heavy atom. The maximum atomic E-state index is 14.3. The highest BCUT2D eigenvalue weighted by Gasteiger charge is 2.13. The second-order valence-corrected chi connectivity index (χ2v) is 5.86. The van der Waals surface area contributed by atoms with E-state index in [0.717, 1.165) is 10.7 Å². The van der Waals surface area contributed by atoms with Crippen LogP contribution in [0, 0.1) is 12.7 Å². The van der Waals surface area contributed by atoms with Crippen LogP contribution in [0.25, 0.3) is 0 Å². The Morgan fingerprint density at radius 2 is 2.24 bits per heavy atom. The third-order valence-corrected chi connectivity index (χ3v) is 3.82.